The van der Waals surface area contributed by atoms with Crippen molar-refractivity contribution in [2.75, 3.05) is 0 Å². The zero-order chi connectivity index (χ0) is 50.3. The summed E-state index contributed by atoms with van der Waals surface area (Å²) in [7, 11) is 0. The van der Waals surface area contributed by atoms with Crippen LogP contribution in [0.25, 0.3) is 101 Å². The zero-order valence-corrected chi connectivity index (χ0v) is 41.7. The van der Waals surface area contributed by atoms with Gasteiger partial charge in [-0.15, -0.1) is 0 Å². The molecule has 0 amide bonds. The highest BCUT2D eigenvalue weighted by Gasteiger charge is 2.46. The van der Waals surface area contributed by atoms with Gasteiger partial charge in [-0.05, 0) is 122 Å². The van der Waals surface area contributed by atoms with Crippen LogP contribution in [0.5, 0.6) is 0 Å². The van der Waals surface area contributed by atoms with Crippen LogP contribution < -0.4 is 0 Å². The molecule has 0 saturated heterocycles. The number of hydrogen-bond acceptors (Lipinski definition) is 4. The maximum atomic E-state index is 5.40. The van der Waals surface area contributed by atoms with Crippen molar-refractivity contribution in [3.63, 3.8) is 0 Å². The molecule has 0 radical (unpaired) electrons. The summed E-state index contributed by atoms with van der Waals surface area (Å²) in [6.07, 6.45) is 0. The van der Waals surface area contributed by atoms with E-state index in [4.69, 9.17) is 19.9 Å². The normalized spacial score (nSPS) is 12.2. The third-order valence-electron chi connectivity index (χ3n) is 14.9. The maximum Gasteiger partial charge on any atom is 0.164 e. The lowest BCUT2D eigenvalue weighted by Gasteiger charge is -2.34. The van der Waals surface area contributed by atoms with E-state index < -0.39 is 5.41 Å². The van der Waals surface area contributed by atoms with Crippen molar-refractivity contribution in [1.29, 1.82) is 0 Å². The molecule has 1 aliphatic carbocycles. The average Bonchev–Trinajstić information content (AvgIpc) is 3.79. The number of pyridine rings is 1. The van der Waals surface area contributed by atoms with E-state index in [-0.39, 0.29) is 0 Å². The lowest BCUT2D eigenvalue weighted by molar-refractivity contribution is 0.768. The minimum atomic E-state index is -0.575. The maximum absolute atomic E-state index is 5.40. The zero-order valence-electron chi connectivity index (χ0n) is 41.7. The van der Waals surface area contributed by atoms with E-state index in [1.165, 1.54) is 38.9 Å². The molecule has 0 fully saturated rings. The molecule has 0 atom stereocenters. The van der Waals surface area contributed by atoms with Gasteiger partial charge in [0.1, 0.15) is 0 Å². The summed E-state index contributed by atoms with van der Waals surface area (Å²) in [5.74, 6) is 1.79. The summed E-state index contributed by atoms with van der Waals surface area (Å²) in [5.41, 5.74) is 22.8. The van der Waals surface area contributed by atoms with Crippen molar-refractivity contribution in [2.45, 2.75) is 19.3 Å². The van der Waals surface area contributed by atoms with Crippen LogP contribution in [-0.4, -0.2) is 19.9 Å². The highest BCUT2D eigenvalue weighted by atomic mass is 15.0. The summed E-state index contributed by atoms with van der Waals surface area (Å²) in [5, 5.41) is 0. The van der Waals surface area contributed by atoms with Gasteiger partial charge in [-0.3, -0.25) is 4.98 Å². The van der Waals surface area contributed by atoms with E-state index in [9.17, 15) is 0 Å². The first-order valence-electron chi connectivity index (χ1n) is 25.6. The van der Waals surface area contributed by atoms with Crippen molar-refractivity contribution < 1.29 is 0 Å². The largest absolute Gasteiger partial charge is 0.258 e. The van der Waals surface area contributed by atoms with Crippen molar-refractivity contribution in [1.82, 2.24) is 19.9 Å². The fraction of sp³-hybridized carbons (Fsp3) is 0.0423. The predicted octanol–water partition coefficient (Wildman–Crippen LogP) is 17.6. The molecule has 2 aromatic heterocycles. The standard InChI is InChI=1S/C71H50N4/c1-47-32-42-60(48(2)72-47)52-33-37-54(38-34-52)68-73-69(75-70(74-68)56-41-43-62-61-30-18-19-31-65(61)71(66(62)46-56,58-26-14-6-15-27-58)59-28-16-7-17-29-59)55-39-35-53(36-40-55)67-63(50-22-10-4-11-23-50)44-57(49-20-8-3-9-21-49)45-64(67)51-24-12-5-13-25-51/h3-46H,1-2H3. The van der Waals surface area contributed by atoms with Crippen LogP contribution >= 0.6 is 0 Å². The van der Waals surface area contributed by atoms with Gasteiger partial charge in [0.2, 0.25) is 0 Å². The molecule has 10 aromatic carbocycles. The van der Waals surface area contributed by atoms with Gasteiger partial charge in [0, 0.05) is 33.6 Å². The summed E-state index contributed by atoms with van der Waals surface area (Å²) >= 11 is 0. The Morgan fingerprint density at radius 1 is 0.253 bits per heavy atom. The van der Waals surface area contributed by atoms with Crippen LogP contribution in [0.1, 0.15) is 33.6 Å². The smallest absolute Gasteiger partial charge is 0.164 e. The first-order valence-corrected chi connectivity index (χ1v) is 25.6. The molecule has 0 unspecified atom stereocenters. The monoisotopic (exact) mass is 958 g/mol. The molecule has 0 aliphatic heterocycles. The van der Waals surface area contributed by atoms with E-state index in [2.05, 4.69) is 274 Å². The summed E-state index contributed by atoms with van der Waals surface area (Å²) in [6.45, 7) is 4.09. The number of benzene rings is 10. The van der Waals surface area contributed by atoms with Crippen molar-refractivity contribution >= 4 is 0 Å². The highest BCUT2D eigenvalue weighted by Crippen LogP contribution is 2.56. The van der Waals surface area contributed by atoms with E-state index in [1.807, 2.05) is 6.92 Å². The number of fused-ring (bicyclic) bond motifs is 3. The first kappa shape index (κ1) is 45.2. The molecule has 4 nitrogen and oxygen atoms in total. The lowest BCUT2D eigenvalue weighted by atomic mass is 9.67. The van der Waals surface area contributed by atoms with Crippen LogP contribution in [0, 0.1) is 13.8 Å². The Morgan fingerprint density at radius 3 is 1.19 bits per heavy atom. The number of hydrogen-bond donors (Lipinski definition) is 0. The van der Waals surface area contributed by atoms with Gasteiger partial charge in [-0.1, -0.05) is 243 Å². The molecule has 4 heteroatoms. The molecule has 1 aliphatic rings. The summed E-state index contributed by atoms with van der Waals surface area (Å²) in [6, 6.07) is 95.7. The lowest BCUT2D eigenvalue weighted by Crippen LogP contribution is -2.28. The van der Waals surface area contributed by atoms with Crippen LogP contribution in [0.3, 0.4) is 0 Å². The van der Waals surface area contributed by atoms with Gasteiger partial charge in [0.15, 0.2) is 17.5 Å². The quantitative estimate of drug-likeness (QED) is 0.137. The number of rotatable bonds is 10. The molecule has 2 heterocycles. The van der Waals surface area contributed by atoms with E-state index >= 15 is 0 Å². The van der Waals surface area contributed by atoms with Crippen LogP contribution in [0.15, 0.2) is 267 Å². The molecule has 13 rings (SSSR count). The Balaban J connectivity index is 0.987. The highest BCUT2D eigenvalue weighted by molar-refractivity contribution is 5.98. The van der Waals surface area contributed by atoms with Gasteiger partial charge >= 0.3 is 0 Å². The molecule has 12 aromatic rings. The van der Waals surface area contributed by atoms with Gasteiger partial charge in [-0.25, -0.2) is 15.0 Å². The molecule has 354 valence electrons. The Labute approximate surface area is 438 Å². The second-order valence-corrected chi connectivity index (χ2v) is 19.4. The summed E-state index contributed by atoms with van der Waals surface area (Å²) in [4.78, 5) is 20.8. The van der Waals surface area contributed by atoms with Gasteiger partial charge < -0.3 is 0 Å². The number of aryl methyl sites for hydroxylation is 2. The Morgan fingerprint density at radius 2 is 0.653 bits per heavy atom. The molecule has 0 N–H and O–H groups in total. The SMILES string of the molecule is Cc1ccc(-c2ccc(-c3nc(-c4ccc(-c5c(-c6ccccc6)cc(-c6ccccc6)cc5-c5ccccc5)cc4)nc(-c4ccc5c(c4)C(c4ccccc4)(c4ccccc4)c4ccccc4-5)n3)cc2)c(C)n1. The second kappa shape index (κ2) is 19.1. The van der Waals surface area contributed by atoms with Gasteiger partial charge in [0.05, 0.1) is 5.41 Å². The van der Waals surface area contributed by atoms with Crippen LogP contribution in [0.2, 0.25) is 0 Å². The molecular weight excluding hydrogens is 909 g/mol. The Kier molecular flexibility index (Phi) is 11.5. The molecule has 75 heavy (non-hydrogen) atoms. The van der Waals surface area contributed by atoms with Crippen molar-refractivity contribution in [2.24, 2.45) is 0 Å². The number of aromatic nitrogens is 4. The number of nitrogens with zero attached hydrogens (tertiary/aromatic N) is 4. The van der Waals surface area contributed by atoms with Crippen molar-refractivity contribution in [3.05, 3.63) is 301 Å². The molecule has 0 bridgehead atoms. The fourth-order valence-corrected chi connectivity index (χ4v) is 11.4. The van der Waals surface area contributed by atoms with Crippen LogP contribution in [-0.2, 0) is 5.41 Å². The van der Waals surface area contributed by atoms with Crippen molar-refractivity contribution in [3.8, 4) is 101 Å². The first-order chi connectivity index (χ1) is 37.0. The van der Waals surface area contributed by atoms with E-state index in [0.29, 0.717) is 17.5 Å². The fourth-order valence-electron chi connectivity index (χ4n) is 11.4. The Bertz CT molecular complexity index is 3930. The van der Waals surface area contributed by atoms with Crippen LogP contribution in [0.4, 0.5) is 0 Å². The summed E-state index contributed by atoms with van der Waals surface area (Å²) < 4.78 is 0. The third-order valence-corrected chi connectivity index (χ3v) is 14.9. The molecule has 0 spiro atoms. The van der Waals surface area contributed by atoms with E-state index in [1.54, 1.807) is 0 Å². The van der Waals surface area contributed by atoms with E-state index in [0.717, 1.165) is 78.1 Å². The van der Waals surface area contributed by atoms with Gasteiger partial charge in [-0.2, -0.15) is 0 Å². The minimum Gasteiger partial charge on any atom is -0.258 e. The molecule has 0 saturated carbocycles. The van der Waals surface area contributed by atoms with Gasteiger partial charge in [0.25, 0.3) is 0 Å². The molecular formula is C71H50N4. The second-order valence-electron chi connectivity index (χ2n) is 19.4. The topological polar surface area (TPSA) is 51.6 Å². The Hall–Kier alpha value is -9.64. The minimum absolute atomic E-state index is 0.575. The average molecular weight is 959 g/mol. The predicted molar refractivity (Wildman–Crippen MR) is 308 cm³/mol. The third kappa shape index (κ3) is 8.14.